The quantitative estimate of drug-likeness (QED) is 0.622. The number of hydrogen-bond donors (Lipinski definition) is 1. The molecule has 0 aliphatic carbocycles. The molecule has 0 radical (unpaired) electrons. The number of halogens is 2. The van der Waals surface area contributed by atoms with Crippen LogP contribution in [0.25, 0.3) is 0 Å². The summed E-state index contributed by atoms with van der Waals surface area (Å²) in [6.45, 7) is 3.93. The van der Waals surface area contributed by atoms with Gasteiger partial charge in [-0.05, 0) is 26.0 Å². The van der Waals surface area contributed by atoms with E-state index in [9.17, 15) is 14.0 Å². The highest BCUT2D eigenvalue weighted by Crippen LogP contribution is 2.35. The lowest BCUT2D eigenvalue weighted by atomic mass is 9.98. The van der Waals surface area contributed by atoms with E-state index in [0.29, 0.717) is 28.3 Å². The molecule has 0 saturated heterocycles. The first kappa shape index (κ1) is 24.7. The number of nitrogens with one attached hydrogen (secondary N) is 1. The van der Waals surface area contributed by atoms with E-state index in [4.69, 9.17) is 16.3 Å². The maximum Gasteiger partial charge on any atom is 0.318 e. The van der Waals surface area contributed by atoms with Gasteiger partial charge >= 0.3 is 6.03 Å². The fraction of sp³-hybridized carbons (Fsp3) is 0.375. The Hall–Kier alpha value is -2.97. The Bertz CT molecular complexity index is 1030. The van der Waals surface area contributed by atoms with E-state index >= 15 is 0 Å². The van der Waals surface area contributed by atoms with Gasteiger partial charge in [-0.2, -0.15) is 5.10 Å². The van der Waals surface area contributed by atoms with Crippen molar-refractivity contribution in [2.45, 2.75) is 32.4 Å². The molecule has 3 amide bonds. The summed E-state index contributed by atoms with van der Waals surface area (Å²) in [6, 6.07) is 12.4. The number of ether oxygens (including phenoxy) is 1. The fourth-order valence-electron chi connectivity index (χ4n) is 3.61. The second-order valence-corrected chi connectivity index (χ2v) is 8.43. The third-order valence-corrected chi connectivity index (χ3v) is 5.54. The number of urea groups is 1. The molecule has 0 fully saturated rings. The molecule has 33 heavy (non-hydrogen) atoms. The summed E-state index contributed by atoms with van der Waals surface area (Å²) in [5.41, 5.74) is 1.62. The number of hydrazone groups is 1. The third kappa shape index (κ3) is 6.09. The van der Waals surface area contributed by atoms with Gasteiger partial charge in [0, 0.05) is 42.3 Å². The van der Waals surface area contributed by atoms with Crippen LogP contribution in [-0.4, -0.2) is 60.4 Å². The van der Waals surface area contributed by atoms with Crippen molar-refractivity contribution in [3.63, 3.8) is 0 Å². The molecule has 0 bridgehead atoms. The molecule has 0 aromatic heterocycles. The number of nitrogens with zero attached hydrogens (tertiary/aromatic N) is 3. The molecule has 0 saturated carbocycles. The predicted octanol–water partition coefficient (Wildman–Crippen LogP) is 4.22. The average molecular weight is 475 g/mol. The predicted molar refractivity (Wildman–Crippen MR) is 126 cm³/mol. The van der Waals surface area contributed by atoms with Crippen molar-refractivity contribution in [3.05, 3.63) is 70.5 Å². The Morgan fingerprint density at radius 2 is 1.94 bits per heavy atom. The maximum absolute atomic E-state index is 14.7. The molecule has 0 spiro atoms. The summed E-state index contributed by atoms with van der Waals surface area (Å²) in [5, 5.41) is 9.08. The minimum absolute atomic E-state index is 0.0968. The topological polar surface area (TPSA) is 74.2 Å². The Kier molecular flexibility index (Phi) is 8.41. The average Bonchev–Trinajstić information content (AvgIpc) is 3.21. The van der Waals surface area contributed by atoms with E-state index in [1.807, 2.05) is 26.0 Å². The molecule has 7 nitrogen and oxygen atoms in total. The highest BCUT2D eigenvalue weighted by Gasteiger charge is 2.36. The molecule has 2 aromatic carbocycles. The van der Waals surface area contributed by atoms with Crippen molar-refractivity contribution in [2.75, 3.05) is 26.8 Å². The minimum atomic E-state index is -0.651. The van der Waals surface area contributed by atoms with E-state index in [2.05, 4.69) is 10.4 Å². The van der Waals surface area contributed by atoms with E-state index in [0.717, 1.165) is 0 Å². The van der Waals surface area contributed by atoms with Crippen LogP contribution in [0.4, 0.5) is 9.18 Å². The first-order chi connectivity index (χ1) is 15.8. The van der Waals surface area contributed by atoms with Crippen molar-refractivity contribution < 1.29 is 18.7 Å². The zero-order valence-electron chi connectivity index (χ0n) is 18.9. The van der Waals surface area contributed by atoms with Gasteiger partial charge in [0.05, 0.1) is 18.4 Å². The summed E-state index contributed by atoms with van der Waals surface area (Å²) >= 11 is 6.35. The summed E-state index contributed by atoms with van der Waals surface area (Å²) in [6.07, 6.45) is 0.298. The smallest absolute Gasteiger partial charge is 0.318 e. The summed E-state index contributed by atoms with van der Waals surface area (Å²) < 4.78 is 19.8. The van der Waals surface area contributed by atoms with Crippen LogP contribution >= 0.6 is 11.6 Å². The Morgan fingerprint density at radius 1 is 1.24 bits per heavy atom. The molecular formula is C24H28ClFN4O3. The van der Waals surface area contributed by atoms with Gasteiger partial charge in [-0.1, -0.05) is 48.0 Å². The molecule has 1 unspecified atom stereocenters. The maximum atomic E-state index is 14.7. The lowest BCUT2D eigenvalue weighted by Gasteiger charge is -2.27. The van der Waals surface area contributed by atoms with Crippen LogP contribution in [0, 0.1) is 5.82 Å². The van der Waals surface area contributed by atoms with Crippen LogP contribution < -0.4 is 5.32 Å². The molecule has 1 aliphatic heterocycles. The molecule has 176 valence electrons. The second kappa shape index (κ2) is 11.2. The van der Waals surface area contributed by atoms with Crippen molar-refractivity contribution >= 4 is 29.3 Å². The fourth-order valence-corrected chi connectivity index (χ4v) is 3.86. The van der Waals surface area contributed by atoms with Gasteiger partial charge in [0.2, 0.25) is 0 Å². The van der Waals surface area contributed by atoms with E-state index < -0.39 is 17.8 Å². The number of hydrogen-bond acceptors (Lipinski definition) is 4. The van der Waals surface area contributed by atoms with Crippen molar-refractivity contribution in [1.82, 2.24) is 15.2 Å². The van der Waals surface area contributed by atoms with E-state index in [1.54, 1.807) is 30.3 Å². The zero-order valence-corrected chi connectivity index (χ0v) is 19.7. The van der Waals surface area contributed by atoms with Crippen LogP contribution in [-0.2, 0) is 9.53 Å². The van der Waals surface area contributed by atoms with Crippen molar-refractivity contribution in [2.24, 2.45) is 5.10 Å². The summed E-state index contributed by atoms with van der Waals surface area (Å²) in [7, 11) is 1.52. The molecule has 1 aliphatic rings. The molecule has 1 N–H and O–H groups in total. The first-order valence-electron chi connectivity index (χ1n) is 10.7. The largest absolute Gasteiger partial charge is 0.383 e. The van der Waals surface area contributed by atoms with E-state index in [-0.39, 0.29) is 31.8 Å². The van der Waals surface area contributed by atoms with Crippen LogP contribution in [0.1, 0.15) is 37.4 Å². The van der Waals surface area contributed by atoms with Crippen molar-refractivity contribution in [3.8, 4) is 0 Å². The molecule has 1 atom stereocenters. The van der Waals surface area contributed by atoms with Crippen LogP contribution in [0.15, 0.2) is 53.6 Å². The number of carbonyl (C=O) groups is 2. The monoisotopic (exact) mass is 474 g/mol. The second-order valence-electron chi connectivity index (χ2n) is 8.02. The number of amides is 3. The molecular weight excluding hydrogens is 447 g/mol. The van der Waals surface area contributed by atoms with Gasteiger partial charge in [-0.25, -0.2) is 14.2 Å². The molecule has 1 heterocycles. The molecule has 9 heteroatoms. The highest BCUT2D eigenvalue weighted by atomic mass is 35.5. The highest BCUT2D eigenvalue weighted by molar-refractivity contribution is 6.34. The van der Waals surface area contributed by atoms with Crippen molar-refractivity contribution in [1.29, 1.82) is 0 Å². The van der Waals surface area contributed by atoms with Gasteiger partial charge in [0.15, 0.2) is 0 Å². The standard InChI is InChI=1S/C24H28ClFN4O3/c1-16(2)27-24(32)29(12-13-33-3)15-23(31)30-22(18-9-5-7-11-20(18)26)14-21(28-30)17-8-4-6-10-19(17)25/h4-11,16,22H,12-15H2,1-3H3,(H,27,32). The molecule has 2 aromatic rings. The third-order valence-electron chi connectivity index (χ3n) is 5.21. The van der Waals surface area contributed by atoms with Crippen LogP contribution in [0.5, 0.6) is 0 Å². The summed E-state index contributed by atoms with van der Waals surface area (Å²) in [5.74, 6) is -0.856. The Morgan fingerprint density at radius 3 is 2.61 bits per heavy atom. The number of benzene rings is 2. The zero-order chi connectivity index (χ0) is 24.0. The van der Waals surface area contributed by atoms with Crippen LogP contribution in [0.2, 0.25) is 5.02 Å². The molecule has 3 rings (SSSR count). The lowest BCUT2D eigenvalue weighted by Crippen LogP contribution is -2.48. The van der Waals surface area contributed by atoms with Crippen LogP contribution in [0.3, 0.4) is 0 Å². The van der Waals surface area contributed by atoms with Gasteiger partial charge in [0.1, 0.15) is 12.4 Å². The van der Waals surface area contributed by atoms with Gasteiger partial charge < -0.3 is 15.0 Å². The number of rotatable bonds is 8. The van der Waals surface area contributed by atoms with Gasteiger partial charge in [-0.3, -0.25) is 4.79 Å². The van der Waals surface area contributed by atoms with Gasteiger partial charge in [0.25, 0.3) is 5.91 Å². The Labute approximate surface area is 198 Å². The lowest BCUT2D eigenvalue weighted by molar-refractivity contribution is -0.133. The Balaban J connectivity index is 1.92. The summed E-state index contributed by atoms with van der Waals surface area (Å²) in [4.78, 5) is 27.4. The number of carbonyl (C=O) groups excluding carboxylic acids is 2. The normalized spacial score (nSPS) is 15.5. The number of methoxy groups -OCH3 is 1. The minimum Gasteiger partial charge on any atom is -0.383 e. The SMILES string of the molecule is COCCN(CC(=O)N1N=C(c2ccccc2Cl)CC1c1ccccc1F)C(=O)NC(C)C. The first-order valence-corrected chi connectivity index (χ1v) is 11.1. The van der Waals surface area contributed by atoms with E-state index in [1.165, 1.54) is 23.1 Å². The van der Waals surface area contributed by atoms with Gasteiger partial charge in [-0.15, -0.1) is 0 Å².